The molecule has 2 aromatic heterocycles. The molecule has 0 saturated carbocycles. The Bertz CT molecular complexity index is 521. The zero-order valence-electron chi connectivity index (χ0n) is 8.88. The van der Waals surface area contributed by atoms with Crippen LogP contribution in [-0.4, -0.2) is 15.9 Å². The van der Waals surface area contributed by atoms with E-state index in [2.05, 4.69) is 31.2 Å². The highest BCUT2D eigenvalue weighted by molar-refractivity contribution is 9.10. The van der Waals surface area contributed by atoms with E-state index in [1.54, 1.807) is 12.4 Å². The number of carbonyl (C=O) groups excluding carboxylic acids is 1. The average molecular weight is 282 g/mol. The lowest BCUT2D eigenvalue weighted by Gasteiger charge is -2.01. The molecule has 0 fully saturated rings. The van der Waals surface area contributed by atoms with Crippen LogP contribution < -0.4 is 5.32 Å². The lowest BCUT2D eigenvalue weighted by atomic mass is 10.3. The number of carbonyl (C=O) groups is 1. The normalized spacial score (nSPS) is 10.6. The molecule has 0 bridgehead atoms. The van der Waals surface area contributed by atoms with Crippen LogP contribution in [0, 0.1) is 0 Å². The van der Waals surface area contributed by atoms with E-state index in [1.165, 1.54) is 0 Å². The van der Waals surface area contributed by atoms with Gasteiger partial charge in [-0.2, -0.15) is 0 Å². The fraction of sp³-hybridized carbons (Fsp3) is 0.273. The predicted octanol–water partition coefficient (Wildman–Crippen LogP) is 3.06. The van der Waals surface area contributed by atoms with Gasteiger partial charge in [-0.3, -0.25) is 4.79 Å². The zero-order valence-corrected chi connectivity index (χ0v) is 10.5. The first-order valence-corrected chi connectivity index (χ1v) is 5.92. The highest BCUT2D eigenvalue weighted by Crippen LogP contribution is 2.24. The first kappa shape index (κ1) is 11.1. The number of anilines is 1. The third kappa shape index (κ3) is 2.24. The third-order valence-electron chi connectivity index (χ3n) is 2.25. The molecule has 84 valence electrons. The molecule has 2 aromatic rings. The topological polar surface area (TPSA) is 57.8 Å². The molecule has 2 N–H and O–H groups in total. The molecule has 2 heterocycles. The van der Waals surface area contributed by atoms with E-state index >= 15 is 0 Å². The number of halogens is 1. The van der Waals surface area contributed by atoms with E-state index in [0.29, 0.717) is 6.42 Å². The van der Waals surface area contributed by atoms with Gasteiger partial charge in [0.15, 0.2) is 0 Å². The van der Waals surface area contributed by atoms with Gasteiger partial charge >= 0.3 is 0 Å². The molecule has 0 atom stereocenters. The maximum absolute atomic E-state index is 11.5. The second-order valence-corrected chi connectivity index (χ2v) is 4.47. The molecule has 0 radical (unpaired) electrons. The Morgan fingerprint density at radius 1 is 1.62 bits per heavy atom. The smallest absolute Gasteiger partial charge is 0.224 e. The van der Waals surface area contributed by atoms with E-state index < -0.39 is 0 Å². The van der Waals surface area contributed by atoms with Gasteiger partial charge in [0.25, 0.3) is 0 Å². The quantitative estimate of drug-likeness (QED) is 0.909. The number of aromatic amines is 1. The van der Waals surface area contributed by atoms with Gasteiger partial charge in [0, 0.05) is 28.7 Å². The summed E-state index contributed by atoms with van der Waals surface area (Å²) in [6.07, 6.45) is 4.86. The molecule has 5 heteroatoms. The standard InChI is InChI=1S/C11H12BrN3O/c1-2-3-10(16)15-9-6-14-11-8(9)4-7(12)5-13-11/h4-6H,2-3H2,1H3,(H,13,14)(H,15,16). The minimum Gasteiger partial charge on any atom is -0.344 e. The van der Waals surface area contributed by atoms with E-state index in [4.69, 9.17) is 0 Å². The minimum atomic E-state index is 0.0309. The molecule has 16 heavy (non-hydrogen) atoms. The maximum atomic E-state index is 11.5. The molecule has 4 nitrogen and oxygen atoms in total. The molecular weight excluding hydrogens is 270 g/mol. The summed E-state index contributed by atoms with van der Waals surface area (Å²) in [7, 11) is 0. The average Bonchev–Trinajstić information content (AvgIpc) is 2.61. The van der Waals surface area contributed by atoms with Gasteiger partial charge in [-0.25, -0.2) is 4.98 Å². The number of amides is 1. The maximum Gasteiger partial charge on any atom is 0.224 e. The summed E-state index contributed by atoms with van der Waals surface area (Å²) in [5.74, 6) is 0.0309. The fourth-order valence-electron chi connectivity index (χ4n) is 1.52. The number of H-pyrrole nitrogens is 1. The van der Waals surface area contributed by atoms with Crippen molar-refractivity contribution in [2.24, 2.45) is 0 Å². The molecule has 0 saturated heterocycles. The van der Waals surface area contributed by atoms with Crippen LogP contribution in [0.2, 0.25) is 0 Å². The minimum absolute atomic E-state index is 0.0309. The summed E-state index contributed by atoms with van der Waals surface area (Å²) >= 11 is 3.36. The second kappa shape index (κ2) is 4.65. The van der Waals surface area contributed by atoms with E-state index in [0.717, 1.165) is 27.6 Å². The van der Waals surface area contributed by atoms with Crippen molar-refractivity contribution in [3.05, 3.63) is 22.9 Å². The summed E-state index contributed by atoms with van der Waals surface area (Å²) < 4.78 is 0.894. The molecule has 0 aliphatic heterocycles. The van der Waals surface area contributed by atoms with Crippen LogP contribution in [0.5, 0.6) is 0 Å². The summed E-state index contributed by atoms with van der Waals surface area (Å²) in [6, 6.07) is 1.93. The zero-order chi connectivity index (χ0) is 11.5. The molecule has 0 unspecified atom stereocenters. The van der Waals surface area contributed by atoms with Crippen molar-refractivity contribution in [1.82, 2.24) is 9.97 Å². The van der Waals surface area contributed by atoms with Crippen LogP contribution >= 0.6 is 15.9 Å². The highest BCUT2D eigenvalue weighted by atomic mass is 79.9. The Labute approximate surface area is 102 Å². The van der Waals surface area contributed by atoms with Gasteiger partial charge < -0.3 is 10.3 Å². The van der Waals surface area contributed by atoms with Crippen LogP contribution in [0.3, 0.4) is 0 Å². The first-order valence-electron chi connectivity index (χ1n) is 5.13. The van der Waals surface area contributed by atoms with Gasteiger partial charge in [-0.1, -0.05) is 6.92 Å². The highest BCUT2D eigenvalue weighted by Gasteiger charge is 2.07. The van der Waals surface area contributed by atoms with Crippen molar-refractivity contribution in [3.63, 3.8) is 0 Å². The Kier molecular flexibility index (Phi) is 3.24. The SMILES string of the molecule is CCCC(=O)Nc1c[nH]c2ncc(Br)cc12. The van der Waals surface area contributed by atoms with Crippen molar-refractivity contribution < 1.29 is 4.79 Å². The number of hydrogen-bond donors (Lipinski definition) is 2. The number of hydrogen-bond acceptors (Lipinski definition) is 2. The van der Waals surface area contributed by atoms with E-state index in [1.807, 2.05) is 13.0 Å². The number of nitrogens with one attached hydrogen (secondary N) is 2. The van der Waals surface area contributed by atoms with Crippen LogP contribution in [0.4, 0.5) is 5.69 Å². The number of aromatic nitrogens is 2. The van der Waals surface area contributed by atoms with Crippen molar-refractivity contribution in [2.75, 3.05) is 5.32 Å². The van der Waals surface area contributed by atoms with Gasteiger partial charge in [0.2, 0.25) is 5.91 Å². The second-order valence-electron chi connectivity index (χ2n) is 3.55. The number of rotatable bonds is 3. The van der Waals surface area contributed by atoms with Crippen molar-refractivity contribution >= 4 is 38.6 Å². The summed E-state index contributed by atoms with van der Waals surface area (Å²) in [6.45, 7) is 1.98. The fourth-order valence-corrected chi connectivity index (χ4v) is 1.85. The lowest BCUT2D eigenvalue weighted by molar-refractivity contribution is -0.116. The molecule has 0 aliphatic carbocycles. The van der Waals surface area contributed by atoms with Gasteiger partial charge in [-0.05, 0) is 28.4 Å². The molecule has 0 aromatic carbocycles. The van der Waals surface area contributed by atoms with E-state index in [9.17, 15) is 4.79 Å². The Balaban J connectivity index is 2.30. The Morgan fingerprint density at radius 2 is 2.44 bits per heavy atom. The predicted molar refractivity (Wildman–Crippen MR) is 67.3 cm³/mol. The molecule has 0 spiro atoms. The van der Waals surface area contributed by atoms with E-state index in [-0.39, 0.29) is 5.91 Å². The lowest BCUT2D eigenvalue weighted by Crippen LogP contribution is -2.09. The van der Waals surface area contributed by atoms with Crippen molar-refractivity contribution in [3.8, 4) is 0 Å². The van der Waals surface area contributed by atoms with Crippen LogP contribution in [0.25, 0.3) is 11.0 Å². The van der Waals surface area contributed by atoms with Crippen LogP contribution in [-0.2, 0) is 4.79 Å². The van der Waals surface area contributed by atoms with Crippen molar-refractivity contribution in [2.45, 2.75) is 19.8 Å². The van der Waals surface area contributed by atoms with Crippen molar-refractivity contribution in [1.29, 1.82) is 0 Å². The molecule has 0 aliphatic rings. The molecule has 1 amide bonds. The number of fused-ring (bicyclic) bond motifs is 1. The van der Waals surface area contributed by atoms with Crippen LogP contribution in [0.1, 0.15) is 19.8 Å². The summed E-state index contributed by atoms with van der Waals surface area (Å²) in [4.78, 5) is 18.7. The van der Waals surface area contributed by atoms with Gasteiger partial charge in [0.05, 0.1) is 5.69 Å². The van der Waals surface area contributed by atoms with Crippen LogP contribution in [0.15, 0.2) is 22.9 Å². The van der Waals surface area contributed by atoms with Gasteiger partial charge in [0.1, 0.15) is 5.65 Å². The van der Waals surface area contributed by atoms with Gasteiger partial charge in [-0.15, -0.1) is 0 Å². The number of nitrogens with zero attached hydrogens (tertiary/aromatic N) is 1. The third-order valence-corrected chi connectivity index (χ3v) is 2.68. The first-order chi connectivity index (χ1) is 7.70. The Hall–Kier alpha value is -1.36. The summed E-state index contributed by atoms with van der Waals surface area (Å²) in [5.41, 5.74) is 1.55. The largest absolute Gasteiger partial charge is 0.344 e. The molecular formula is C11H12BrN3O. The molecule has 2 rings (SSSR count). The summed E-state index contributed by atoms with van der Waals surface area (Å²) in [5, 5.41) is 3.78. The monoisotopic (exact) mass is 281 g/mol. The number of pyridine rings is 1. The Morgan fingerprint density at radius 3 is 3.19 bits per heavy atom.